The Morgan fingerprint density at radius 1 is 0.833 bits per heavy atom. The van der Waals surface area contributed by atoms with Crippen LogP contribution in [0.25, 0.3) is 10.8 Å². The van der Waals surface area contributed by atoms with Crippen LogP contribution in [0.15, 0.2) is 54.6 Å². The highest BCUT2D eigenvalue weighted by Gasteiger charge is 2.20. The standard InChI is InChI=1S/C23H24O/c1-23(2,3)18-12-9-17(10-13-18)22(24)20-14-11-16-8-7-15-5-4-6-19(20)21(15)16/h4-6,9-14,22,24H,7-8H2,1-3H3/t22-/m1/s1. The van der Waals surface area contributed by atoms with Crippen molar-refractivity contribution >= 4 is 10.8 Å². The third kappa shape index (κ3) is 2.44. The van der Waals surface area contributed by atoms with Crippen molar-refractivity contribution in [3.8, 4) is 0 Å². The van der Waals surface area contributed by atoms with Gasteiger partial charge in [0.05, 0.1) is 0 Å². The zero-order chi connectivity index (χ0) is 16.9. The summed E-state index contributed by atoms with van der Waals surface area (Å²) >= 11 is 0. The van der Waals surface area contributed by atoms with E-state index in [0.717, 1.165) is 24.0 Å². The van der Waals surface area contributed by atoms with Gasteiger partial charge in [-0.1, -0.05) is 75.4 Å². The van der Waals surface area contributed by atoms with Crippen molar-refractivity contribution in [2.24, 2.45) is 0 Å². The molecular formula is C23H24O. The predicted octanol–water partition coefficient (Wildman–Crippen LogP) is 5.32. The molecule has 24 heavy (non-hydrogen) atoms. The fraction of sp³-hybridized carbons (Fsp3) is 0.304. The Labute approximate surface area is 144 Å². The number of hydrogen-bond acceptors (Lipinski definition) is 1. The summed E-state index contributed by atoms with van der Waals surface area (Å²) in [5, 5.41) is 13.6. The maximum Gasteiger partial charge on any atom is 0.105 e. The minimum Gasteiger partial charge on any atom is -0.384 e. The van der Waals surface area contributed by atoms with Crippen molar-refractivity contribution in [3.05, 3.63) is 82.4 Å². The second-order valence-electron chi connectivity index (χ2n) is 7.93. The molecule has 0 amide bonds. The minimum absolute atomic E-state index is 0.130. The van der Waals surface area contributed by atoms with Gasteiger partial charge in [-0.2, -0.15) is 0 Å². The first-order valence-corrected chi connectivity index (χ1v) is 8.77. The molecule has 1 aliphatic rings. The lowest BCUT2D eigenvalue weighted by Gasteiger charge is -2.21. The SMILES string of the molecule is CC(C)(C)c1ccc([C@@H](O)c2ccc3c4c(cccc24)CC3)cc1. The van der Waals surface area contributed by atoms with Gasteiger partial charge in [0.2, 0.25) is 0 Å². The van der Waals surface area contributed by atoms with E-state index in [0.29, 0.717) is 0 Å². The van der Waals surface area contributed by atoms with Gasteiger partial charge in [-0.25, -0.2) is 0 Å². The molecule has 1 aliphatic carbocycles. The Balaban J connectivity index is 1.78. The van der Waals surface area contributed by atoms with Gasteiger partial charge in [-0.3, -0.25) is 0 Å². The van der Waals surface area contributed by atoms with Crippen molar-refractivity contribution in [2.45, 2.75) is 45.1 Å². The Morgan fingerprint density at radius 3 is 2.17 bits per heavy atom. The van der Waals surface area contributed by atoms with Gasteiger partial charge in [-0.05, 0) is 56.8 Å². The molecule has 0 bridgehead atoms. The van der Waals surface area contributed by atoms with E-state index in [-0.39, 0.29) is 5.41 Å². The first-order chi connectivity index (χ1) is 11.4. The lowest BCUT2D eigenvalue weighted by Crippen LogP contribution is -2.11. The number of aliphatic hydroxyl groups is 1. The second kappa shape index (κ2) is 5.46. The van der Waals surface area contributed by atoms with E-state index in [4.69, 9.17) is 0 Å². The van der Waals surface area contributed by atoms with Crippen molar-refractivity contribution in [3.63, 3.8) is 0 Å². The molecule has 0 unspecified atom stereocenters. The Kier molecular flexibility index (Phi) is 3.51. The highest BCUT2D eigenvalue weighted by atomic mass is 16.3. The van der Waals surface area contributed by atoms with E-state index >= 15 is 0 Å². The van der Waals surface area contributed by atoms with Gasteiger partial charge >= 0.3 is 0 Å². The molecule has 0 radical (unpaired) electrons. The molecule has 0 heterocycles. The van der Waals surface area contributed by atoms with Crippen molar-refractivity contribution in [1.29, 1.82) is 0 Å². The van der Waals surface area contributed by atoms with Crippen molar-refractivity contribution < 1.29 is 5.11 Å². The van der Waals surface area contributed by atoms with Crippen LogP contribution in [-0.4, -0.2) is 5.11 Å². The molecule has 0 saturated heterocycles. The largest absolute Gasteiger partial charge is 0.384 e. The average Bonchev–Trinajstić information content (AvgIpc) is 2.99. The first-order valence-electron chi connectivity index (χ1n) is 8.77. The number of rotatable bonds is 2. The second-order valence-corrected chi connectivity index (χ2v) is 7.93. The summed E-state index contributed by atoms with van der Waals surface area (Å²) in [6.45, 7) is 6.63. The number of aryl methyl sites for hydroxylation is 2. The van der Waals surface area contributed by atoms with Gasteiger partial charge in [-0.15, -0.1) is 0 Å². The Morgan fingerprint density at radius 2 is 1.50 bits per heavy atom. The van der Waals surface area contributed by atoms with E-state index in [1.807, 2.05) is 0 Å². The fourth-order valence-electron chi connectivity index (χ4n) is 3.85. The monoisotopic (exact) mass is 316 g/mol. The van der Waals surface area contributed by atoms with Crippen LogP contribution in [0, 0.1) is 0 Å². The van der Waals surface area contributed by atoms with Crippen LogP contribution in [0.5, 0.6) is 0 Å². The molecule has 1 heteroatoms. The van der Waals surface area contributed by atoms with E-state index in [1.54, 1.807) is 0 Å². The van der Waals surface area contributed by atoms with Gasteiger partial charge in [0.1, 0.15) is 6.10 Å². The molecular weight excluding hydrogens is 292 g/mol. The molecule has 4 rings (SSSR count). The van der Waals surface area contributed by atoms with Gasteiger partial charge in [0.25, 0.3) is 0 Å². The quantitative estimate of drug-likeness (QED) is 0.678. The molecule has 0 aromatic heterocycles. The molecule has 1 N–H and O–H groups in total. The summed E-state index contributed by atoms with van der Waals surface area (Å²) in [5.74, 6) is 0. The molecule has 0 fully saturated rings. The van der Waals surface area contributed by atoms with E-state index in [1.165, 1.54) is 27.5 Å². The summed E-state index contributed by atoms with van der Waals surface area (Å²) in [7, 11) is 0. The summed E-state index contributed by atoms with van der Waals surface area (Å²) in [6, 6.07) is 19.2. The van der Waals surface area contributed by atoms with Crippen molar-refractivity contribution in [2.75, 3.05) is 0 Å². The van der Waals surface area contributed by atoms with Crippen LogP contribution in [-0.2, 0) is 18.3 Å². The zero-order valence-corrected chi connectivity index (χ0v) is 14.6. The summed E-state index contributed by atoms with van der Waals surface area (Å²) in [5.41, 5.74) is 6.23. The fourth-order valence-corrected chi connectivity index (χ4v) is 3.85. The normalized spacial score (nSPS) is 15.0. The Hall–Kier alpha value is -2.12. The lowest BCUT2D eigenvalue weighted by atomic mass is 9.85. The molecule has 0 aliphatic heterocycles. The Bertz CT molecular complexity index is 887. The third-order valence-electron chi connectivity index (χ3n) is 5.30. The predicted molar refractivity (Wildman–Crippen MR) is 101 cm³/mol. The highest BCUT2D eigenvalue weighted by Crippen LogP contribution is 2.37. The lowest BCUT2D eigenvalue weighted by molar-refractivity contribution is 0.222. The van der Waals surface area contributed by atoms with E-state index < -0.39 is 6.10 Å². The van der Waals surface area contributed by atoms with Crippen LogP contribution in [0.3, 0.4) is 0 Å². The van der Waals surface area contributed by atoms with Gasteiger partial charge < -0.3 is 5.11 Å². The molecule has 1 atom stereocenters. The average molecular weight is 316 g/mol. The van der Waals surface area contributed by atoms with E-state index in [2.05, 4.69) is 75.4 Å². The first kappa shape index (κ1) is 15.4. The van der Waals surface area contributed by atoms with Crippen LogP contribution in [0.2, 0.25) is 0 Å². The summed E-state index contributed by atoms with van der Waals surface area (Å²) in [6.07, 6.45) is 1.66. The third-order valence-corrected chi connectivity index (χ3v) is 5.30. The van der Waals surface area contributed by atoms with Crippen molar-refractivity contribution in [1.82, 2.24) is 0 Å². The number of aliphatic hydroxyl groups excluding tert-OH is 1. The molecule has 3 aromatic rings. The smallest absolute Gasteiger partial charge is 0.105 e. The van der Waals surface area contributed by atoms with Crippen LogP contribution in [0.1, 0.15) is 54.7 Å². The highest BCUT2D eigenvalue weighted by molar-refractivity contribution is 5.93. The summed E-state index contributed by atoms with van der Waals surface area (Å²) in [4.78, 5) is 0. The minimum atomic E-state index is -0.580. The topological polar surface area (TPSA) is 20.2 Å². The molecule has 122 valence electrons. The molecule has 0 saturated carbocycles. The molecule has 0 spiro atoms. The maximum absolute atomic E-state index is 11.0. The number of benzene rings is 3. The zero-order valence-electron chi connectivity index (χ0n) is 14.6. The van der Waals surface area contributed by atoms with Gasteiger partial charge in [0.15, 0.2) is 0 Å². The number of hydrogen-bond donors (Lipinski definition) is 1. The van der Waals surface area contributed by atoms with Crippen LogP contribution < -0.4 is 0 Å². The van der Waals surface area contributed by atoms with E-state index in [9.17, 15) is 5.11 Å². The van der Waals surface area contributed by atoms with Gasteiger partial charge in [0, 0.05) is 0 Å². The summed E-state index contributed by atoms with van der Waals surface area (Å²) < 4.78 is 0. The maximum atomic E-state index is 11.0. The molecule has 1 nitrogen and oxygen atoms in total. The molecule has 3 aromatic carbocycles. The van der Waals surface area contributed by atoms with Crippen LogP contribution >= 0.6 is 0 Å². The van der Waals surface area contributed by atoms with Crippen LogP contribution in [0.4, 0.5) is 0 Å².